The van der Waals surface area contributed by atoms with Gasteiger partial charge in [0.05, 0.1) is 11.6 Å². The van der Waals surface area contributed by atoms with Crippen molar-refractivity contribution in [1.82, 2.24) is 0 Å². The fourth-order valence-corrected chi connectivity index (χ4v) is 1.86. The summed E-state index contributed by atoms with van der Waals surface area (Å²) in [6.45, 7) is 4.27. The molecule has 18 heavy (non-hydrogen) atoms. The van der Waals surface area contributed by atoms with Gasteiger partial charge in [-0.1, -0.05) is 25.4 Å². The molecule has 0 fully saturated rings. The summed E-state index contributed by atoms with van der Waals surface area (Å²) in [6.07, 6.45) is 0.678. The number of carbonyl (C=O) groups excluding carboxylic acids is 1. The highest BCUT2D eigenvalue weighted by Gasteiger charge is 2.19. The van der Waals surface area contributed by atoms with E-state index in [0.29, 0.717) is 17.4 Å². The first-order chi connectivity index (χ1) is 8.43. The summed E-state index contributed by atoms with van der Waals surface area (Å²) >= 11 is 5.64. The monoisotopic (exact) mass is 272 g/mol. The topological polar surface area (TPSA) is 55.1 Å². The number of halogens is 2. The molecule has 1 rings (SSSR count). The molecule has 0 bridgehead atoms. The number of carbonyl (C=O) groups is 1. The van der Waals surface area contributed by atoms with Gasteiger partial charge in [-0.05, 0) is 30.5 Å². The summed E-state index contributed by atoms with van der Waals surface area (Å²) in [5, 5.41) is 2.84. The Bertz CT molecular complexity index is 423. The fourth-order valence-electron chi connectivity index (χ4n) is 1.70. The molecule has 5 heteroatoms. The van der Waals surface area contributed by atoms with E-state index in [-0.39, 0.29) is 24.1 Å². The second-order valence-corrected chi connectivity index (χ2v) is 5.11. The Morgan fingerprint density at radius 1 is 1.50 bits per heavy atom. The summed E-state index contributed by atoms with van der Waals surface area (Å²) in [7, 11) is 0. The lowest BCUT2D eigenvalue weighted by Gasteiger charge is -2.17. The smallest absolute Gasteiger partial charge is 0.228 e. The summed E-state index contributed by atoms with van der Waals surface area (Å²) in [5.41, 5.74) is 5.69. The molecule has 100 valence electrons. The van der Waals surface area contributed by atoms with E-state index in [9.17, 15) is 9.18 Å². The highest BCUT2D eigenvalue weighted by atomic mass is 35.5. The van der Waals surface area contributed by atoms with Crippen LogP contribution in [0.5, 0.6) is 0 Å². The molecular weight excluding hydrogens is 255 g/mol. The second-order valence-electron chi connectivity index (χ2n) is 4.68. The molecule has 0 heterocycles. The molecule has 3 nitrogen and oxygen atoms in total. The molecule has 1 amide bonds. The molecule has 0 saturated carbocycles. The Kier molecular flexibility index (Phi) is 5.56. The van der Waals surface area contributed by atoms with E-state index in [0.717, 1.165) is 6.07 Å². The molecule has 0 radical (unpaired) electrons. The number of hydrogen-bond donors (Lipinski definition) is 2. The van der Waals surface area contributed by atoms with Crippen molar-refractivity contribution in [1.29, 1.82) is 0 Å². The van der Waals surface area contributed by atoms with Gasteiger partial charge in [0, 0.05) is 11.6 Å². The molecule has 3 N–H and O–H groups in total. The van der Waals surface area contributed by atoms with Crippen molar-refractivity contribution in [3.8, 4) is 0 Å². The van der Waals surface area contributed by atoms with E-state index in [2.05, 4.69) is 5.32 Å². The van der Waals surface area contributed by atoms with Gasteiger partial charge >= 0.3 is 0 Å². The van der Waals surface area contributed by atoms with Crippen molar-refractivity contribution in [2.75, 3.05) is 11.9 Å². The van der Waals surface area contributed by atoms with Gasteiger partial charge in [0.1, 0.15) is 5.82 Å². The predicted molar refractivity (Wildman–Crippen MR) is 72.0 cm³/mol. The number of benzene rings is 1. The van der Waals surface area contributed by atoms with Crippen LogP contribution < -0.4 is 11.1 Å². The average Bonchev–Trinajstić information content (AvgIpc) is 2.29. The number of nitrogens with one attached hydrogen (secondary N) is 1. The molecule has 0 saturated heterocycles. The first-order valence-corrected chi connectivity index (χ1v) is 6.27. The Morgan fingerprint density at radius 3 is 2.67 bits per heavy atom. The van der Waals surface area contributed by atoms with Crippen LogP contribution in [0.15, 0.2) is 18.2 Å². The van der Waals surface area contributed by atoms with E-state index >= 15 is 0 Å². The Balaban J connectivity index is 2.73. The minimum atomic E-state index is -0.545. The summed E-state index contributed by atoms with van der Waals surface area (Å²) in [6, 6.07) is 4.13. The summed E-state index contributed by atoms with van der Waals surface area (Å²) in [4.78, 5) is 11.9. The van der Waals surface area contributed by atoms with Crippen molar-refractivity contribution in [3.05, 3.63) is 29.0 Å². The van der Waals surface area contributed by atoms with Crippen molar-refractivity contribution in [2.24, 2.45) is 17.6 Å². The Labute approximate surface area is 112 Å². The van der Waals surface area contributed by atoms with Crippen LogP contribution in [0.25, 0.3) is 0 Å². The van der Waals surface area contributed by atoms with Crippen LogP contribution in [0.3, 0.4) is 0 Å². The van der Waals surface area contributed by atoms with Gasteiger partial charge in [-0.3, -0.25) is 4.79 Å². The molecule has 1 atom stereocenters. The zero-order valence-electron chi connectivity index (χ0n) is 10.5. The van der Waals surface area contributed by atoms with Crippen molar-refractivity contribution in [2.45, 2.75) is 20.3 Å². The van der Waals surface area contributed by atoms with Crippen LogP contribution in [0.1, 0.15) is 20.3 Å². The molecule has 1 aromatic rings. The maximum atomic E-state index is 13.5. The third-order valence-electron chi connectivity index (χ3n) is 2.60. The largest absolute Gasteiger partial charge is 0.330 e. The zero-order valence-corrected chi connectivity index (χ0v) is 11.3. The number of anilines is 1. The van der Waals surface area contributed by atoms with Crippen molar-refractivity contribution >= 4 is 23.2 Å². The lowest BCUT2D eigenvalue weighted by molar-refractivity contribution is -0.120. The van der Waals surface area contributed by atoms with Crippen LogP contribution in [-0.4, -0.2) is 12.5 Å². The minimum Gasteiger partial charge on any atom is -0.330 e. The molecular formula is C13H18ClFN2O. The second kappa shape index (κ2) is 6.71. The van der Waals surface area contributed by atoms with Gasteiger partial charge in [-0.25, -0.2) is 4.39 Å². The Hall–Kier alpha value is -1.13. The molecule has 0 aromatic heterocycles. The Morgan fingerprint density at radius 2 is 2.17 bits per heavy atom. The van der Waals surface area contributed by atoms with Crippen LogP contribution in [0.4, 0.5) is 10.1 Å². The van der Waals surface area contributed by atoms with Gasteiger partial charge in [0.15, 0.2) is 0 Å². The van der Waals surface area contributed by atoms with Gasteiger partial charge < -0.3 is 11.1 Å². The highest BCUT2D eigenvalue weighted by Crippen LogP contribution is 2.20. The average molecular weight is 273 g/mol. The number of nitrogens with two attached hydrogens (primary N) is 1. The van der Waals surface area contributed by atoms with Crippen LogP contribution in [0.2, 0.25) is 5.02 Å². The van der Waals surface area contributed by atoms with Gasteiger partial charge in [0.25, 0.3) is 0 Å². The molecule has 0 aliphatic carbocycles. The first kappa shape index (κ1) is 14.9. The highest BCUT2D eigenvalue weighted by molar-refractivity contribution is 6.30. The summed E-state index contributed by atoms with van der Waals surface area (Å²) in [5.74, 6) is -0.747. The molecule has 0 aliphatic rings. The molecule has 0 spiro atoms. The van der Waals surface area contributed by atoms with Gasteiger partial charge in [-0.15, -0.1) is 0 Å². The fraction of sp³-hybridized carbons (Fsp3) is 0.462. The number of rotatable bonds is 5. The first-order valence-electron chi connectivity index (χ1n) is 5.90. The summed E-state index contributed by atoms with van der Waals surface area (Å²) < 4.78 is 13.5. The van der Waals surface area contributed by atoms with Crippen LogP contribution >= 0.6 is 11.6 Å². The molecule has 1 aromatic carbocycles. The zero-order chi connectivity index (χ0) is 13.7. The molecule has 0 aliphatic heterocycles. The maximum absolute atomic E-state index is 13.5. The third kappa shape index (κ3) is 4.27. The van der Waals surface area contributed by atoms with E-state index in [1.165, 1.54) is 12.1 Å². The normalized spacial score (nSPS) is 12.6. The number of amides is 1. The van der Waals surface area contributed by atoms with Gasteiger partial charge in [0.2, 0.25) is 5.91 Å². The van der Waals surface area contributed by atoms with E-state index in [4.69, 9.17) is 17.3 Å². The van der Waals surface area contributed by atoms with Crippen LogP contribution in [0, 0.1) is 17.7 Å². The minimum absolute atomic E-state index is 0.131. The lowest BCUT2D eigenvalue weighted by atomic mass is 9.96. The predicted octanol–water partition coefficient (Wildman–Crippen LogP) is 3.04. The molecule has 1 unspecified atom stereocenters. The maximum Gasteiger partial charge on any atom is 0.228 e. The number of hydrogen-bond acceptors (Lipinski definition) is 2. The lowest BCUT2D eigenvalue weighted by Crippen LogP contribution is -2.30. The SMILES string of the molecule is CC(C)CC(CN)C(=O)Nc1ccc(Cl)cc1F. The standard InChI is InChI=1S/C13H18ClFN2O/c1-8(2)5-9(7-16)13(18)17-12-4-3-10(14)6-11(12)15/h3-4,6,8-9H,5,7,16H2,1-2H3,(H,17,18). The third-order valence-corrected chi connectivity index (χ3v) is 2.84. The van der Waals surface area contributed by atoms with Crippen molar-refractivity contribution in [3.63, 3.8) is 0 Å². The van der Waals surface area contributed by atoms with Crippen molar-refractivity contribution < 1.29 is 9.18 Å². The van der Waals surface area contributed by atoms with Gasteiger partial charge in [-0.2, -0.15) is 0 Å². The van der Waals surface area contributed by atoms with E-state index in [1.807, 2.05) is 13.8 Å². The quantitative estimate of drug-likeness (QED) is 0.866. The van der Waals surface area contributed by atoms with E-state index < -0.39 is 5.82 Å². The van der Waals surface area contributed by atoms with E-state index in [1.54, 1.807) is 0 Å². The van der Waals surface area contributed by atoms with Crippen LogP contribution in [-0.2, 0) is 4.79 Å².